The summed E-state index contributed by atoms with van der Waals surface area (Å²) in [6, 6.07) is 8.49. The Kier molecular flexibility index (Phi) is 4.11. The predicted octanol–water partition coefficient (Wildman–Crippen LogP) is 2.58. The van der Waals surface area contributed by atoms with Crippen molar-refractivity contribution in [1.29, 1.82) is 5.26 Å². The summed E-state index contributed by atoms with van der Waals surface area (Å²) in [5.41, 5.74) is -0.797. The normalized spacial score (nSPS) is 13.5. The Hall–Kier alpha value is -2.02. The van der Waals surface area contributed by atoms with Crippen LogP contribution < -0.4 is 4.74 Å². The van der Waals surface area contributed by atoms with Crippen LogP contribution in [0.2, 0.25) is 0 Å². The van der Waals surface area contributed by atoms with Gasteiger partial charge in [-0.05, 0) is 31.5 Å². The summed E-state index contributed by atoms with van der Waals surface area (Å²) in [6.07, 6.45) is 1.12. The minimum Gasteiger partial charge on any atom is -0.478 e. The summed E-state index contributed by atoms with van der Waals surface area (Å²) in [6.45, 7) is 3.44. The monoisotopic (exact) mass is 233 g/mol. The van der Waals surface area contributed by atoms with Crippen molar-refractivity contribution in [2.24, 2.45) is 0 Å². The largest absolute Gasteiger partial charge is 0.478 e. The second-order valence-electron chi connectivity index (χ2n) is 4.03. The highest BCUT2D eigenvalue weighted by Gasteiger charge is 2.34. The number of benzene rings is 1. The first-order valence-electron chi connectivity index (χ1n) is 5.44. The molecule has 1 rings (SSSR count). The molecule has 1 unspecified atom stereocenters. The van der Waals surface area contributed by atoms with Gasteiger partial charge in [-0.1, -0.05) is 19.4 Å². The van der Waals surface area contributed by atoms with Gasteiger partial charge in [-0.2, -0.15) is 5.26 Å². The minimum atomic E-state index is -1.25. The van der Waals surface area contributed by atoms with Gasteiger partial charge in [0.25, 0.3) is 0 Å². The number of nitriles is 1. The van der Waals surface area contributed by atoms with Crippen LogP contribution in [0.25, 0.3) is 0 Å². The van der Waals surface area contributed by atoms with E-state index in [-0.39, 0.29) is 0 Å². The van der Waals surface area contributed by atoms with Gasteiger partial charge < -0.3 is 9.84 Å². The molecule has 1 atom stereocenters. The average molecular weight is 233 g/mol. The van der Waals surface area contributed by atoms with E-state index in [1.54, 1.807) is 18.2 Å². The van der Waals surface area contributed by atoms with Crippen molar-refractivity contribution in [3.8, 4) is 11.8 Å². The van der Waals surface area contributed by atoms with Crippen LogP contribution >= 0.6 is 0 Å². The molecule has 0 aliphatic heterocycles. The average Bonchev–Trinajstić information content (AvgIpc) is 2.29. The Morgan fingerprint density at radius 3 is 2.82 bits per heavy atom. The fourth-order valence-electron chi connectivity index (χ4n) is 1.57. The summed E-state index contributed by atoms with van der Waals surface area (Å²) in [5, 5.41) is 17.9. The smallest absolute Gasteiger partial charge is 0.347 e. The third-order valence-electron chi connectivity index (χ3n) is 2.49. The Bertz CT molecular complexity index is 450. The van der Waals surface area contributed by atoms with E-state index in [2.05, 4.69) is 0 Å². The molecule has 0 spiro atoms. The fraction of sp³-hybridized carbons (Fsp3) is 0.385. The maximum Gasteiger partial charge on any atom is 0.347 e. The molecule has 0 heterocycles. The zero-order valence-electron chi connectivity index (χ0n) is 9.93. The number of hydrogen-bond acceptors (Lipinski definition) is 3. The van der Waals surface area contributed by atoms with Crippen molar-refractivity contribution in [3.05, 3.63) is 29.8 Å². The third kappa shape index (κ3) is 3.22. The topological polar surface area (TPSA) is 70.3 Å². The van der Waals surface area contributed by atoms with Gasteiger partial charge in [0.05, 0.1) is 11.6 Å². The lowest BCUT2D eigenvalue weighted by Gasteiger charge is -2.25. The van der Waals surface area contributed by atoms with Gasteiger partial charge >= 0.3 is 5.97 Å². The lowest BCUT2D eigenvalue weighted by Crippen LogP contribution is -2.41. The molecule has 1 N–H and O–H groups in total. The molecule has 0 aliphatic carbocycles. The van der Waals surface area contributed by atoms with Crippen LogP contribution in [0, 0.1) is 11.3 Å². The van der Waals surface area contributed by atoms with Crippen LogP contribution in [0.4, 0.5) is 0 Å². The van der Waals surface area contributed by atoms with E-state index in [1.165, 1.54) is 13.0 Å². The number of carbonyl (C=O) groups is 1. The molecule has 0 bridgehead atoms. The molecular weight excluding hydrogens is 218 g/mol. The lowest BCUT2D eigenvalue weighted by molar-refractivity contribution is -0.154. The number of carboxylic acid groups (broad SMARTS) is 1. The third-order valence-corrected chi connectivity index (χ3v) is 2.49. The van der Waals surface area contributed by atoms with Crippen LogP contribution in [0.5, 0.6) is 5.75 Å². The van der Waals surface area contributed by atoms with Crippen molar-refractivity contribution < 1.29 is 14.6 Å². The highest BCUT2D eigenvalue weighted by Crippen LogP contribution is 2.23. The molecule has 4 heteroatoms. The molecule has 0 aromatic heterocycles. The zero-order valence-corrected chi connectivity index (χ0v) is 9.93. The maximum absolute atomic E-state index is 11.2. The molecule has 4 nitrogen and oxygen atoms in total. The molecule has 0 saturated heterocycles. The molecule has 0 aliphatic rings. The van der Waals surface area contributed by atoms with E-state index in [9.17, 15) is 4.79 Å². The summed E-state index contributed by atoms with van der Waals surface area (Å²) in [7, 11) is 0. The van der Waals surface area contributed by atoms with E-state index >= 15 is 0 Å². The molecule has 90 valence electrons. The van der Waals surface area contributed by atoms with Crippen LogP contribution in [-0.4, -0.2) is 16.7 Å². The van der Waals surface area contributed by atoms with Crippen LogP contribution in [0.1, 0.15) is 32.3 Å². The minimum absolute atomic E-state index is 0.405. The Balaban J connectivity index is 2.94. The highest BCUT2D eigenvalue weighted by molar-refractivity contribution is 5.77. The zero-order chi connectivity index (χ0) is 12.9. The number of hydrogen-bond donors (Lipinski definition) is 1. The molecule has 0 fully saturated rings. The van der Waals surface area contributed by atoms with Crippen molar-refractivity contribution >= 4 is 5.97 Å². The Morgan fingerprint density at radius 1 is 1.59 bits per heavy atom. The lowest BCUT2D eigenvalue weighted by atomic mass is 10.0. The van der Waals surface area contributed by atoms with Crippen LogP contribution in [0.15, 0.2) is 24.3 Å². The number of nitrogens with zero attached hydrogens (tertiary/aromatic N) is 1. The van der Waals surface area contributed by atoms with Crippen molar-refractivity contribution in [2.75, 3.05) is 0 Å². The fourth-order valence-corrected chi connectivity index (χ4v) is 1.57. The van der Waals surface area contributed by atoms with Crippen molar-refractivity contribution in [1.82, 2.24) is 0 Å². The van der Waals surface area contributed by atoms with Crippen molar-refractivity contribution in [3.63, 3.8) is 0 Å². The number of carboxylic acids is 1. The second kappa shape index (κ2) is 5.35. The van der Waals surface area contributed by atoms with Crippen LogP contribution in [0.3, 0.4) is 0 Å². The van der Waals surface area contributed by atoms with E-state index in [0.717, 1.165) is 0 Å². The summed E-state index contributed by atoms with van der Waals surface area (Å²) in [4.78, 5) is 11.2. The summed E-state index contributed by atoms with van der Waals surface area (Å²) in [5.74, 6) is -0.593. The molecular formula is C13H15NO3. The summed E-state index contributed by atoms with van der Waals surface area (Å²) >= 11 is 0. The first-order chi connectivity index (χ1) is 8.01. The quantitative estimate of drug-likeness (QED) is 0.848. The van der Waals surface area contributed by atoms with Crippen LogP contribution in [-0.2, 0) is 4.79 Å². The molecule has 1 aromatic rings. The SMILES string of the molecule is CCCC(C)(Oc1cccc(C#N)c1)C(=O)O. The number of rotatable bonds is 5. The maximum atomic E-state index is 11.2. The molecule has 1 aromatic carbocycles. The predicted molar refractivity (Wildman–Crippen MR) is 62.7 cm³/mol. The van der Waals surface area contributed by atoms with Gasteiger partial charge in [0.2, 0.25) is 5.60 Å². The van der Waals surface area contributed by atoms with Gasteiger partial charge in [0.15, 0.2) is 0 Å². The molecule has 17 heavy (non-hydrogen) atoms. The van der Waals surface area contributed by atoms with Gasteiger partial charge in [0.1, 0.15) is 5.75 Å². The highest BCUT2D eigenvalue weighted by atomic mass is 16.5. The van der Waals surface area contributed by atoms with Gasteiger partial charge in [-0.25, -0.2) is 4.79 Å². The van der Waals surface area contributed by atoms with Crippen molar-refractivity contribution in [2.45, 2.75) is 32.3 Å². The first kappa shape index (κ1) is 13.0. The standard InChI is InChI=1S/C13H15NO3/c1-3-7-13(2,12(15)16)17-11-6-4-5-10(8-11)9-14/h4-6,8H,3,7H2,1-2H3,(H,15,16). The van der Waals surface area contributed by atoms with E-state index < -0.39 is 11.6 Å². The van der Waals surface area contributed by atoms with E-state index in [0.29, 0.717) is 24.2 Å². The Morgan fingerprint density at radius 2 is 2.29 bits per heavy atom. The van der Waals surface area contributed by atoms with Gasteiger partial charge in [-0.3, -0.25) is 0 Å². The second-order valence-corrected chi connectivity index (χ2v) is 4.03. The van der Waals surface area contributed by atoms with Gasteiger partial charge in [0, 0.05) is 0 Å². The number of aliphatic carboxylic acids is 1. The van der Waals surface area contributed by atoms with E-state index in [1.807, 2.05) is 13.0 Å². The molecule has 0 amide bonds. The number of ether oxygens (including phenoxy) is 1. The molecule has 0 radical (unpaired) electrons. The summed E-state index contributed by atoms with van der Waals surface area (Å²) < 4.78 is 5.50. The molecule has 0 saturated carbocycles. The van der Waals surface area contributed by atoms with E-state index in [4.69, 9.17) is 15.1 Å². The first-order valence-corrected chi connectivity index (χ1v) is 5.44. The van der Waals surface area contributed by atoms with Gasteiger partial charge in [-0.15, -0.1) is 0 Å². The Labute approximate surface area is 100 Å².